The summed E-state index contributed by atoms with van der Waals surface area (Å²) in [5, 5.41) is 0.675. The van der Waals surface area contributed by atoms with Crippen molar-refractivity contribution in [3.05, 3.63) is 118 Å². The number of thiazole rings is 1. The lowest BCUT2D eigenvalue weighted by atomic mass is 9.95. The summed E-state index contributed by atoms with van der Waals surface area (Å²) in [5.41, 5.74) is 2.93. The molecule has 1 atom stereocenters. The molecule has 0 bridgehead atoms. The van der Waals surface area contributed by atoms with Gasteiger partial charge in [-0.2, -0.15) is 0 Å². The van der Waals surface area contributed by atoms with E-state index in [1.165, 1.54) is 11.3 Å². The number of hydrogen-bond acceptors (Lipinski definition) is 8. The van der Waals surface area contributed by atoms with Crippen molar-refractivity contribution in [2.45, 2.75) is 33.4 Å². The number of ether oxygens (including phenoxy) is 4. The highest BCUT2D eigenvalue weighted by Gasteiger charge is 2.35. The lowest BCUT2D eigenvalue weighted by molar-refractivity contribution is -0.139. The van der Waals surface area contributed by atoms with Crippen LogP contribution in [0.4, 0.5) is 0 Å². The van der Waals surface area contributed by atoms with Gasteiger partial charge in [-0.05, 0) is 79.9 Å². The topological polar surface area (TPSA) is 88.4 Å². The summed E-state index contributed by atoms with van der Waals surface area (Å²) in [5.74, 6) is 1.17. The molecule has 228 valence electrons. The van der Waals surface area contributed by atoms with E-state index in [-0.39, 0.29) is 17.7 Å². The lowest BCUT2D eigenvalue weighted by Crippen LogP contribution is -2.40. The number of halogens is 2. The third-order valence-electron chi connectivity index (χ3n) is 6.89. The van der Waals surface area contributed by atoms with Gasteiger partial charge in [0.25, 0.3) is 5.56 Å². The summed E-state index contributed by atoms with van der Waals surface area (Å²) in [6, 6.07) is 17.7. The zero-order chi connectivity index (χ0) is 31.4. The van der Waals surface area contributed by atoms with E-state index in [4.69, 9.17) is 30.5 Å². The summed E-state index contributed by atoms with van der Waals surface area (Å²) >= 11 is 10.9. The summed E-state index contributed by atoms with van der Waals surface area (Å²) < 4.78 is 25.3. The highest BCUT2D eigenvalue weighted by atomic mass is 79.9. The maximum Gasteiger partial charge on any atom is 0.338 e. The van der Waals surface area contributed by atoms with Crippen molar-refractivity contribution in [3.8, 4) is 17.2 Å². The smallest absolute Gasteiger partial charge is 0.338 e. The zero-order valence-electron chi connectivity index (χ0n) is 24.6. The number of nitrogens with zero attached hydrogens (tertiary/aromatic N) is 2. The summed E-state index contributed by atoms with van der Waals surface area (Å²) in [7, 11) is 1.54. The Balaban J connectivity index is 1.55. The van der Waals surface area contributed by atoms with Gasteiger partial charge in [-0.25, -0.2) is 9.79 Å². The average Bonchev–Trinajstić information content (AvgIpc) is 3.31. The van der Waals surface area contributed by atoms with Gasteiger partial charge in [-0.15, -0.1) is 0 Å². The molecule has 0 spiro atoms. The van der Waals surface area contributed by atoms with Crippen molar-refractivity contribution in [3.63, 3.8) is 0 Å². The molecule has 0 radical (unpaired) electrons. The van der Waals surface area contributed by atoms with E-state index in [1.807, 2.05) is 55.5 Å². The number of methoxy groups -OCH3 is 1. The first kappa shape index (κ1) is 31.6. The van der Waals surface area contributed by atoms with Gasteiger partial charge in [0.2, 0.25) is 0 Å². The maximum absolute atomic E-state index is 14.0. The van der Waals surface area contributed by atoms with Crippen molar-refractivity contribution in [1.82, 2.24) is 4.57 Å². The largest absolute Gasteiger partial charge is 0.493 e. The van der Waals surface area contributed by atoms with E-state index in [0.29, 0.717) is 60.6 Å². The van der Waals surface area contributed by atoms with Crippen molar-refractivity contribution < 1.29 is 23.7 Å². The number of hydrogen-bond donors (Lipinski definition) is 0. The first-order valence-electron chi connectivity index (χ1n) is 13.9. The van der Waals surface area contributed by atoms with Gasteiger partial charge >= 0.3 is 5.97 Å². The number of carbonyl (C=O) groups is 1. The summed E-state index contributed by atoms with van der Waals surface area (Å²) in [6.45, 7) is 6.40. The number of carbonyl (C=O) groups excluding carboxylic acids is 1. The molecule has 0 amide bonds. The van der Waals surface area contributed by atoms with Gasteiger partial charge in [0.1, 0.15) is 12.4 Å². The molecule has 0 saturated carbocycles. The SMILES string of the molecule is CCOC(=O)C1=C(C)N=c2s/c(=C/c3ccc(OCc4ccc(Cl)cc4)cc3)c(=O)n2[C@H]1c1cc(OC)c(OCC)cc1Br. The number of esters is 1. The Morgan fingerprint density at radius 1 is 1.05 bits per heavy atom. The van der Waals surface area contributed by atoms with E-state index in [1.54, 1.807) is 43.7 Å². The van der Waals surface area contributed by atoms with E-state index >= 15 is 0 Å². The van der Waals surface area contributed by atoms with Gasteiger partial charge in [-0.3, -0.25) is 9.36 Å². The third kappa shape index (κ3) is 6.62. The first-order chi connectivity index (χ1) is 21.2. The van der Waals surface area contributed by atoms with Crippen LogP contribution in [-0.4, -0.2) is 30.9 Å². The fourth-order valence-electron chi connectivity index (χ4n) is 4.83. The fourth-order valence-corrected chi connectivity index (χ4v) is 6.54. The van der Waals surface area contributed by atoms with Crippen LogP contribution in [0.25, 0.3) is 6.08 Å². The molecule has 0 unspecified atom stereocenters. The lowest BCUT2D eigenvalue weighted by Gasteiger charge is -2.26. The number of allylic oxidation sites excluding steroid dienone is 1. The van der Waals surface area contributed by atoms with Crippen LogP contribution < -0.4 is 29.1 Å². The van der Waals surface area contributed by atoms with Crippen LogP contribution in [0.2, 0.25) is 5.02 Å². The first-order valence-corrected chi connectivity index (χ1v) is 15.9. The standard InChI is InChI=1S/C33H30BrClN2O6S/c1-5-41-27-17-25(34)24(16-26(27)40-4)30-29(32(39)42-6-2)19(3)36-33-37(30)31(38)28(44-33)15-20-9-13-23(14-10-20)43-18-21-7-11-22(35)12-8-21/h7-17,30H,5-6,18H2,1-4H3/b28-15+/t30-/m0/s1. The molecule has 2 heterocycles. The van der Waals surface area contributed by atoms with E-state index in [0.717, 1.165) is 11.1 Å². The number of benzene rings is 3. The molecule has 0 saturated heterocycles. The minimum absolute atomic E-state index is 0.180. The molecule has 1 aliphatic heterocycles. The Hall–Kier alpha value is -3.86. The second kappa shape index (κ2) is 13.8. The van der Waals surface area contributed by atoms with Gasteiger partial charge in [-0.1, -0.05) is 63.1 Å². The van der Waals surface area contributed by atoms with Gasteiger partial charge in [0, 0.05) is 9.50 Å². The Morgan fingerprint density at radius 2 is 1.77 bits per heavy atom. The molecule has 1 aromatic heterocycles. The zero-order valence-corrected chi connectivity index (χ0v) is 27.7. The van der Waals surface area contributed by atoms with E-state index in [9.17, 15) is 9.59 Å². The molecule has 3 aromatic carbocycles. The molecule has 8 nitrogen and oxygen atoms in total. The van der Waals surface area contributed by atoms with Crippen LogP contribution in [0.3, 0.4) is 0 Å². The van der Waals surface area contributed by atoms with Gasteiger partial charge < -0.3 is 18.9 Å². The minimum atomic E-state index is -0.810. The Bertz CT molecular complexity index is 1900. The highest BCUT2D eigenvalue weighted by molar-refractivity contribution is 9.10. The van der Waals surface area contributed by atoms with Crippen LogP contribution in [0.15, 0.2) is 86.2 Å². The van der Waals surface area contributed by atoms with Gasteiger partial charge in [0.05, 0.1) is 42.2 Å². The fraction of sp³-hybridized carbons (Fsp3) is 0.242. The van der Waals surface area contributed by atoms with Crippen LogP contribution >= 0.6 is 38.9 Å². The Kier molecular flexibility index (Phi) is 9.93. The van der Waals surface area contributed by atoms with Crippen LogP contribution in [0, 0.1) is 0 Å². The number of rotatable bonds is 10. The van der Waals surface area contributed by atoms with E-state index < -0.39 is 12.0 Å². The van der Waals surface area contributed by atoms with Gasteiger partial charge in [0.15, 0.2) is 16.3 Å². The molecule has 5 rings (SSSR count). The normalized spacial score (nSPS) is 14.6. The maximum atomic E-state index is 14.0. The minimum Gasteiger partial charge on any atom is -0.493 e. The summed E-state index contributed by atoms with van der Waals surface area (Å²) in [6.07, 6.45) is 1.81. The van der Waals surface area contributed by atoms with Crippen molar-refractivity contribution in [1.29, 1.82) is 0 Å². The summed E-state index contributed by atoms with van der Waals surface area (Å²) in [4.78, 5) is 32.4. The second-order valence-corrected chi connectivity index (χ2v) is 12.0. The molecule has 4 aromatic rings. The van der Waals surface area contributed by atoms with Crippen LogP contribution in [-0.2, 0) is 16.1 Å². The van der Waals surface area contributed by atoms with Crippen molar-refractivity contribution in [2.24, 2.45) is 4.99 Å². The van der Waals surface area contributed by atoms with Crippen LogP contribution in [0.1, 0.15) is 43.5 Å². The number of fused-ring (bicyclic) bond motifs is 1. The average molecular weight is 698 g/mol. The molecule has 11 heteroatoms. The van der Waals surface area contributed by atoms with Crippen LogP contribution in [0.5, 0.6) is 17.2 Å². The highest BCUT2D eigenvalue weighted by Crippen LogP contribution is 2.41. The molecular formula is C33H30BrClN2O6S. The molecule has 0 fully saturated rings. The number of aromatic nitrogens is 1. The quantitative estimate of drug-likeness (QED) is 0.184. The molecule has 0 N–H and O–H groups in total. The van der Waals surface area contributed by atoms with E-state index in [2.05, 4.69) is 20.9 Å². The molecule has 1 aliphatic rings. The predicted octanol–water partition coefficient (Wildman–Crippen LogP) is 6.20. The van der Waals surface area contributed by atoms with Crippen molar-refractivity contribution in [2.75, 3.05) is 20.3 Å². The second-order valence-electron chi connectivity index (χ2n) is 9.74. The predicted molar refractivity (Wildman–Crippen MR) is 174 cm³/mol. The molecule has 44 heavy (non-hydrogen) atoms. The molecular weight excluding hydrogens is 668 g/mol. The monoisotopic (exact) mass is 696 g/mol. The third-order valence-corrected chi connectivity index (χ3v) is 8.81. The molecule has 0 aliphatic carbocycles. The van der Waals surface area contributed by atoms with Crippen molar-refractivity contribution >= 4 is 50.9 Å². The Morgan fingerprint density at radius 3 is 2.43 bits per heavy atom. The Labute approximate surface area is 272 Å².